The maximum atomic E-state index is 11.5. The van der Waals surface area contributed by atoms with Gasteiger partial charge >= 0.3 is 5.97 Å². The van der Waals surface area contributed by atoms with Crippen LogP contribution in [0.4, 0.5) is 5.69 Å². The van der Waals surface area contributed by atoms with Crippen molar-refractivity contribution < 1.29 is 14.3 Å². The molecule has 4 nitrogen and oxygen atoms in total. The zero-order valence-electron chi connectivity index (χ0n) is 11.0. The Bertz CT molecular complexity index is 379. The molecule has 1 aromatic carbocycles. The number of ether oxygens (including phenoxy) is 2. The minimum Gasteiger partial charge on any atom is -0.493 e. The molecular formula is C14H21NO3. The molecule has 0 heterocycles. The number of hydrogen-bond acceptors (Lipinski definition) is 4. The lowest BCUT2D eigenvalue weighted by Gasteiger charge is -2.12. The molecule has 100 valence electrons. The first-order valence-corrected chi connectivity index (χ1v) is 6.29. The quantitative estimate of drug-likeness (QED) is 0.598. The van der Waals surface area contributed by atoms with E-state index in [0.29, 0.717) is 18.0 Å². The highest BCUT2D eigenvalue weighted by atomic mass is 16.5. The van der Waals surface area contributed by atoms with Crippen molar-refractivity contribution in [3.63, 3.8) is 0 Å². The Morgan fingerprint density at radius 3 is 2.89 bits per heavy atom. The SMILES string of the molecule is CCCC(C)OC(=O)CCOc1cccc(N)c1. The van der Waals surface area contributed by atoms with Crippen molar-refractivity contribution in [2.75, 3.05) is 12.3 Å². The molecule has 0 aromatic heterocycles. The third-order valence-electron chi connectivity index (χ3n) is 2.46. The Balaban J connectivity index is 2.23. The zero-order valence-corrected chi connectivity index (χ0v) is 11.0. The number of esters is 1. The molecule has 0 fully saturated rings. The van der Waals surface area contributed by atoms with Gasteiger partial charge in [-0.25, -0.2) is 0 Å². The van der Waals surface area contributed by atoms with Gasteiger partial charge in [0.05, 0.1) is 19.1 Å². The predicted molar refractivity (Wildman–Crippen MR) is 71.4 cm³/mol. The monoisotopic (exact) mass is 251 g/mol. The smallest absolute Gasteiger partial charge is 0.309 e. The van der Waals surface area contributed by atoms with Gasteiger partial charge in [0.25, 0.3) is 0 Å². The first kappa shape index (κ1) is 14.4. The van der Waals surface area contributed by atoms with Crippen molar-refractivity contribution in [3.05, 3.63) is 24.3 Å². The largest absolute Gasteiger partial charge is 0.493 e. The molecule has 1 unspecified atom stereocenters. The van der Waals surface area contributed by atoms with Gasteiger partial charge in [0, 0.05) is 11.8 Å². The van der Waals surface area contributed by atoms with E-state index in [2.05, 4.69) is 6.92 Å². The van der Waals surface area contributed by atoms with Crippen LogP contribution in [0.2, 0.25) is 0 Å². The van der Waals surface area contributed by atoms with Crippen LogP contribution in [-0.2, 0) is 9.53 Å². The second kappa shape index (κ2) is 7.58. The lowest BCUT2D eigenvalue weighted by atomic mass is 10.2. The average Bonchev–Trinajstić information content (AvgIpc) is 2.29. The number of hydrogen-bond donors (Lipinski definition) is 1. The third kappa shape index (κ3) is 5.57. The van der Waals surface area contributed by atoms with Gasteiger partial charge in [-0.1, -0.05) is 19.4 Å². The Morgan fingerprint density at radius 1 is 1.44 bits per heavy atom. The maximum Gasteiger partial charge on any atom is 0.309 e. The molecular weight excluding hydrogens is 230 g/mol. The molecule has 0 saturated heterocycles. The van der Waals surface area contributed by atoms with E-state index in [1.807, 2.05) is 13.0 Å². The van der Waals surface area contributed by atoms with Crippen LogP contribution in [0.5, 0.6) is 5.75 Å². The van der Waals surface area contributed by atoms with Gasteiger partial charge < -0.3 is 15.2 Å². The molecule has 0 bridgehead atoms. The fraction of sp³-hybridized carbons (Fsp3) is 0.500. The average molecular weight is 251 g/mol. The van der Waals surface area contributed by atoms with Gasteiger partial charge in [0.2, 0.25) is 0 Å². The normalized spacial score (nSPS) is 11.9. The summed E-state index contributed by atoms with van der Waals surface area (Å²) in [6.45, 7) is 4.27. The van der Waals surface area contributed by atoms with Crippen LogP contribution in [0.15, 0.2) is 24.3 Å². The topological polar surface area (TPSA) is 61.5 Å². The fourth-order valence-corrected chi connectivity index (χ4v) is 1.61. The molecule has 0 aliphatic heterocycles. The lowest BCUT2D eigenvalue weighted by Crippen LogP contribution is -2.16. The van der Waals surface area contributed by atoms with E-state index in [-0.39, 0.29) is 18.5 Å². The summed E-state index contributed by atoms with van der Waals surface area (Å²) < 4.78 is 10.6. The summed E-state index contributed by atoms with van der Waals surface area (Å²) in [4.78, 5) is 11.5. The van der Waals surface area contributed by atoms with Gasteiger partial charge in [0.15, 0.2) is 0 Å². The summed E-state index contributed by atoms with van der Waals surface area (Å²) in [5.74, 6) is 0.448. The third-order valence-corrected chi connectivity index (χ3v) is 2.46. The van der Waals surface area contributed by atoms with E-state index in [9.17, 15) is 4.79 Å². The van der Waals surface area contributed by atoms with Crippen molar-refractivity contribution in [1.82, 2.24) is 0 Å². The highest BCUT2D eigenvalue weighted by Gasteiger charge is 2.08. The van der Waals surface area contributed by atoms with E-state index in [4.69, 9.17) is 15.2 Å². The molecule has 0 radical (unpaired) electrons. The molecule has 2 N–H and O–H groups in total. The molecule has 4 heteroatoms. The van der Waals surface area contributed by atoms with Crippen LogP contribution in [0.3, 0.4) is 0 Å². The van der Waals surface area contributed by atoms with E-state index in [1.165, 1.54) is 0 Å². The standard InChI is InChI=1S/C14H21NO3/c1-3-5-11(2)18-14(16)8-9-17-13-7-4-6-12(15)10-13/h4,6-7,10-11H,3,5,8-9,15H2,1-2H3. The van der Waals surface area contributed by atoms with E-state index >= 15 is 0 Å². The Kier molecular flexibility index (Phi) is 6.05. The molecule has 1 rings (SSSR count). The van der Waals surface area contributed by atoms with Crippen LogP contribution in [0.25, 0.3) is 0 Å². The zero-order chi connectivity index (χ0) is 13.4. The highest BCUT2D eigenvalue weighted by Crippen LogP contribution is 2.14. The second-order valence-corrected chi connectivity index (χ2v) is 4.26. The van der Waals surface area contributed by atoms with Crippen LogP contribution in [0.1, 0.15) is 33.1 Å². The van der Waals surface area contributed by atoms with E-state index < -0.39 is 0 Å². The first-order chi connectivity index (χ1) is 8.61. The Hall–Kier alpha value is -1.71. The molecule has 0 spiro atoms. The summed E-state index contributed by atoms with van der Waals surface area (Å²) in [7, 11) is 0. The maximum absolute atomic E-state index is 11.5. The minimum absolute atomic E-state index is 0.0186. The number of benzene rings is 1. The molecule has 18 heavy (non-hydrogen) atoms. The molecule has 1 aromatic rings. The summed E-state index contributed by atoms with van der Waals surface area (Å²) in [6, 6.07) is 7.13. The molecule has 0 aliphatic carbocycles. The number of rotatable bonds is 7. The minimum atomic E-state index is -0.222. The molecule has 0 amide bonds. The first-order valence-electron chi connectivity index (χ1n) is 6.29. The molecule has 0 saturated carbocycles. The predicted octanol–water partition coefficient (Wildman–Crippen LogP) is 2.77. The van der Waals surface area contributed by atoms with Gasteiger partial charge in [-0.2, -0.15) is 0 Å². The van der Waals surface area contributed by atoms with Crippen molar-refractivity contribution in [3.8, 4) is 5.75 Å². The van der Waals surface area contributed by atoms with Crippen LogP contribution < -0.4 is 10.5 Å². The van der Waals surface area contributed by atoms with Gasteiger partial charge in [-0.15, -0.1) is 0 Å². The molecule has 0 aliphatic rings. The summed E-state index contributed by atoms with van der Waals surface area (Å²) in [5.41, 5.74) is 6.26. The van der Waals surface area contributed by atoms with Crippen molar-refractivity contribution in [2.24, 2.45) is 0 Å². The number of nitrogens with two attached hydrogens (primary N) is 1. The van der Waals surface area contributed by atoms with Crippen LogP contribution in [0, 0.1) is 0 Å². The van der Waals surface area contributed by atoms with E-state index in [0.717, 1.165) is 12.8 Å². The number of nitrogen functional groups attached to an aromatic ring is 1. The van der Waals surface area contributed by atoms with Crippen LogP contribution in [-0.4, -0.2) is 18.7 Å². The summed E-state index contributed by atoms with van der Waals surface area (Å²) in [5, 5.41) is 0. The Labute approximate surface area is 108 Å². The van der Waals surface area contributed by atoms with Gasteiger partial charge in [-0.05, 0) is 25.5 Å². The van der Waals surface area contributed by atoms with Crippen molar-refractivity contribution >= 4 is 11.7 Å². The summed E-state index contributed by atoms with van der Waals surface area (Å²) in [6.07, 6.45) is 2.13. The van der Waals surface area contributed by atoms with Gasteiger partial charge in [0.1, 0.15) is 5.75 Å². The fourth-order valence-electron chi connectivity index (χ4n) is 1.61. The molecule has 1 atom stereocenters. The number of carbonyl (C=O) groups excluding carboxylic acids is 1. The number of anilines is 1. The van der Waals surface area contributed by atoms with E-state index in [1.54, 1.807) is 18.2 Å². The lowest BCUT2D eigenvalue weighted by molar-refractivity contribution is -0.149. The Morgan fingerprint density at radius 2 is 2.22 bits per heavy atom. The van der Waals surface area contributed by atoms with Crippen molar-refractivity contribution in [2.45, 2.75) is 39.2 Å². The van der Waals surface area contributed by atoms with Crippen molar-refractivity contribution in [1.29, 1.82) is 0 Å². The van der Waals surface area contributed by atoms with Gasteiger partial charge in [-0.3, -0.25) is 4.79 Å². The van der Waals surface area contributed by atoms with Crippen LogP contribution >= 0.6 is 0 Å². The second-order valence-electron chi connectivity index (χ2n) is 4.26. The highest BCUT2D eigenvalue weighted by molar-refractivity contribution is 5.69. The summed E-state index contributed by atoms with van der Waals surface area (Å²) >= 11 is 0. The number of carbonyl (C=O) groups is 1.